The molecule has 1 rings (SSSR count). The lowest BCUT2D eigenvalue weighted by molar-refractivity contribution is 0.0914. The zero-order valence-corrected chi connectivity index (χ0v) is 10.2. The van der Waals surface area contributed by atoms with E-state index in [2.05, 4.69) is 5.32 Å². The van der Waals surface area contributed by atoms with Gasteiger partial charge in [0.25, 0.3) is 5.91 Å². The van der Waals surface area contributed by atoms with E-state index in [0.717, 1.165) is 0 Å². The first-order valence-electron chi connectivity index (χ1n) is 4.92. The molecule has 0 radical (unpaired) electrons. The fourth-order valence-electron chi connectivity index (χ4n) is 1.30. The molecule has 0 aliphatic heterocycles. The van der Waals surface area contributed by atoms with E-state index in [1.807, 2.05) is 0 Å². The monoisotopic (exact) mass is 244 g/mol. The van der Waals surface area contributed by atoms with Crippen LogP contribution in [0, 0.1) is 0 Å². The molecule has 90 valence electrons. The first kappa shape index (κ1) is 12.9. The van der Waals surface area contributed by atoms with Crippen LogP contribution in [0.2, 0.25) is 0 Å². The second-order valence-electron chi connectivity index (χ2n) is 3.58. The van der Waals surface area contributed by atoms with Gasteiger partial charge in [0.15, 0.2) is 5.76 Å². The molecular formula is C10H16N2O3S. The Morgan fingerprint density at radius 1 is 1.62 bits per heavy atom. The molecule has 0 saturated heterocycles. The molecule has 3 N–H and O–H groups in total. The van der Waals surface area contributed by atoms with E-state index in [1.54, 1.807) is 25.3 Å². The van der Waals surface area contributed by atoms with Gasteiger partial charge >= 0.3 is 0 Å². The summed E-state index contributed by atoms with van der Waals surface area (Å²) in [4.78, 5) is 11.6. The van der Waals surface area contributed by atoms with Crippen LogP contribution in [0.5, 0.6) is 0 Å². The summed E-state index contributed by atoms with van der Waals surface area (Å²) < 4.78 is 16.1. The minimum absolute atomic E-state index is 0.148. The highest BCUT2D eigenvalue weighted by molar-refractivity contribution is 7.84. The molecule has 1 heterocycles. The normalized spacial score (nSPS) is 14.4. The summed E-state index contributed by atoms with van der Waals surface area (Å²) in [5.74, 6) is 0.916. The van der Waals surface area contributed by atoms with Gasteiger partial charge in [0.2, 0.25) is 0 Å². The van der Waals surface area contributed by atoms with E-state index in [1.165, 1.54) is 0 Å². The molecule has 1 aromatic rings. The third kappa shape index (κ3) is 3.79. The summed E-state index contributed by atoms with van der Waals surface area (Å²) in [5, 5.41) is 2.70. The Morgan fingerprint density at radius 2 is 2.31 bits per heavy atom. The standard InChI is InChI=1S/C10H16N2O3S/c1-7(6-16(2)14)12-10(13)9-4-3-8(5-11)15-9/h3-4,7H,5-6,11H2,1-2H3,(H,12,13). The maximum atomic E-state index is 11.6. The van der Waals surface area contributed by atoms with Crippen molar-refractivity contribution < 1.29 is 13.4 Å². The minimum Gasteiger partial charge on any atom is -0.455 e. The second kappa shape index (κ2) is 5.81. The van der Waals surface area contributed by atoms with Gasteiger partial charge in [-0.05, 0) is 19.1 Å². The Hall–Kier alpha value is -1.14. The molecule has 2 atom stereocenters. The number of carbonyl (C=O) groups is 1. The van der Waals surface area contributed by atoms with Crippen LogP contribution < -0.4 is 11.1 Å². The van der Waals surface area contributed by atoms with Gasteiger partial charge in [-0.25, -0.2) is 0 Å². The molecule has 16 heavy (non-hydrogen) atoms. The van der Waals surface area contributed by atoms with Crippen molar-refractivity contribution >= 4 is 16.7 Å². The van der Waals surface area contributed by atoms with Crippen LogP contribution >= 0.6 is 0 Å². The number of hydrogen-bond donors (Lipinski definition) is 2. The lowest BCUT2D eigenvalue weighted by Gasteiger charge is -2.10. The molecule has 0 saturated carbocycles. The van der Waals surface area contributed by atoms with Gasteiger partial charge in [0.05, 0.1) is 6.54 Å². The highest BCUT2D eigenvalue weighted by atomic mass is 32.2. The lowest BCUT2D eigenvalue weighted by Crippen LogP contribution is -2.35. The van der Waals surface area contributed by atoms with Crippen LogP contribution in [0.1, 0.15) is 23.2 Å². The highest BCUT2D eigenvalue weighted by Gasteiger charge is 2.14. The number of nitrogens with one attached hydrogen (secondary N) is 1. The summed E-state index contributed by atoms with van der Waals surface area (Å²) in [7, 11) is -0.930. The van der Waals surface area contributed by atoms with Crippen molar-refractivity contribution in [2.75, 3.05) is 12.0 Å². The number of furan rings is 1. The van der Waals surface area contributed by atoms with E-state index >= 15 is 0 Å². The Kier molecular flexibility index (Phi) is 4.70. The zero-order chi connectivity index (χ0) is 12.1. The first-order valence-corrected chi connectivity index (χ1v) is 6.65. The lowest BCUT2D eigenvalue weighted by atomic mass is 10.3. The van der Waals surface area contributed by atoms with Crippen molar-refractivity contribution in [2.24, 2.45) is 5.73 Å². The van der Waals surface area contributed by atoms with E-state index in [9.17, 15) is 9.00 Å². The summed E-state index contributed by atoms with van der Waals surface area (Å²) in [6.45, 7) is 2.06. The molecule has 5 nitrogen and oxygen atoms in total. The quantitative estimate of drug-likeness (QED) is 0.776. The van der Waals surface area contributed by atoms with Gasteiger partial charge in [-0.2, -0.15) is 0 Å². The van der Waals surface area contributed by atoms with Crippen molar-refractivity contribution in [1.82, 2.24) is 5.32 Å². The predicted octanol–water partition coefficient (Wildman–Crippen LogP) is 0.235. The number of hydrogen-bond acceptors (Lipinski definition) is 4. The average Bonchev–Trinajstić information content (AvgIpc) is 2.64. The third-order valence-electron chi connectivity index (χ3n) is 1.95. The number of rotatable bonds is 5. The van der Waals surface area contributed by atoms with Crippen LogP contribution in [0.25, 0.3) is 0 Å². The molecule has 1 amide bonds. The van der Waals surface area contributed by atoms with Crippen molar-refractivity contribution in [3.63, 3.8) is 0 Å². The SMILES string of the molecule is CC(CS(C)=O)NC(=O)c1ccc(CN)o1. The number of nitrogens with two attached hydrogens (primary N) is 1. The van der Waals surface area contributed by atoms with E-state index in [4.69, 9.17) is 10.2 Å². The van der Waals surface area contributed by atoms with Crippen LogP contribution in [-0.4, -0.2) is 28.2 Å². The fraction of sp³-hybridized carbons (Fsp3) is 0.500. The summed E-state index contributed by atoms with van der Waals surface area (Å²) >= 11 is 0. The smallest absolute Gasteiger partial charge is 0.287 e. The largest absolute Gasteiger partial charge is 0.455 e. The second-order valence-corrected chi connectivity index (χ2v) is 5.06. The Labute approximate surface area is 96.8 Å². The molecule has 6 heteroatoms. The molecule has 1 aromatic heterocycles. The van der Waals surface area contributed by atoms with Crippen molar-refractivity contribution in [3.8, 4) is 0 Å². The molecule has 0 spiro atoms. The highest BCUT2D eigenvalue weighted by Crippen LogP contribution is 2.07. The number of carbonyl (C=O) groups excluding carboxylic acids is 1. The van der Waals surface area contributed by atoms with Crippen molar-refractivity contribution in [2.45, 2.75) is 19.5 Å². The zero-order valence-electron chi connectivity index (χ0n) is 9.36. The summed E-state index contributed by atoms with van der Waals surface area (Å²) in [6, 6.07) is 3.09. The van der Waals surface area contributed by atoms with E-state index in [0.29, 0.717) is 11.5 Å². The molecular weight excluding hydrogens is 228 g/mol. The van der Waals surface area contributed by atoms with E-state index < -0.39 is 10.8 Å². The van der Waals surface area contributed by atoms with Gasteiger partial charge in [-0.15, -0.1) is 0 Å². The van der Waals surface area contributed by atoms with E-state index in [-0.39, 0.29) is 24.3 Å². The predicted molar refractivity (Wildman–Crippen MR) is 62.5 cm³/mol. The van der Waals surface area contributed by atoms with Crippen molar-refractivity contribution in [3.05, 3.63) is 23.7 Å². The van der Waals surface area contributed by atoms with Gasteiger partial charge in [0, 0.05) is 28.9 Å². The molecule has 0 aromatic carbocycles. The maximum Gasteiger partial charge on any atom is 0.287 e. The molecule has 0 aliphatic rings. The van der Waals surface area contributed by atoms with Crippen LogP contribution in [0.15, 0.2) is 16.5 Å². The topological polar surface area (TPSA) is 85.3 Å². The van der Waals surface area contributed by atoms with Gasteiger partial charge in [0.1, 0.15) is 5.76 Å². The Morgan fingerprint density at radius 3 is 2.81 bits per heavy atom. The van der Waals surface area contributed by atoms with Crippen LogP contribution in [0.4, 0.5) is 0 Å². The maximum absolute atomic E-state index is 11.6. The number of amides is 1. The minimum atomic E-state index is -0.930. The Balaban J connectivity index is 2.54. The van der Waals surface area contributed by atoms with Crippen molar-refractivity contribution in [1.29, 1.82) is 0 Å². The Bertz CT molecular complexity index is 389. The molecule has 0 fully saturated rings. The van der Waals surface area contributed by atoms with Gasteiger partial charge in [-0.3, -0.25) is 9.00 Å². The van der Waals surface area contributed by atoms with Crippen LogP contribution in [0.3, 0.4) is 0 Å². The summed E-state index contributed by atoms with van der Waals surface area (Å²) in [5.41, 5.74) is 5.36. The van der Waals surface area contributed by atoms with Gasteiger partial charge in [-0.1, -0.05) is 0 Å². The fourth-order valence-corrected chi connectivity index (χ4v) is 2.09. The molecule has 2 unspecified atom stereocenters. The average molecular weight is 244 g/mol. The summed E-state index contributed by atoms with van der Waals surface area (Å²) in [6.07, 6.45) is 1.60. The molecule has 0 bridgehead atoms. The van der Waals surface area contributed by atoms with Gasteiger partial charge < -0.3 is 15.5 Å². The first-order chi connectivity index (χ1) is 7.52. The third-order valence-corrected chi connectivity index (χ3v) is 2.92. The van der Waals surface area contributed by atoms with Crippen LogP contribution in [-0.2, 0) is 17.3 Å². The molecule has 0 aliphatic carbocycles.